The molecule has 0 bridgehead atoms. The molecule has 88 valence electrons. The highest BCUT2D eigenvalue weighted by molar-refractivity contribution is 7.26. The minimum Gasteiger partial charge on any atom is -0.263 e. The van der Waals surface area contributed by atoms with Gasteiger partial charge in [-0.15, -0.1) is 11.3 Å². The van der Waals surface area contributed by atoms with Crippen LogP contribution in [0.15, 0.2) is 48.9 Å². The lowest BCUT2D eigenvalue weighted by atomic mass is 9.99. The van der Waals surface area contributed by atoms with Crippen molar-refractivity contribution < 1.29 is 0 Å². The summed E-state index contributed by atoms with van der Waals surface area (Å²) in [6.45, 7) is 0. The summed E-state index contributed by atoms with van der Waals surface area (Å²) in [5, 5.41) is 6.33. The number of thiophene rings is 1. The van der Waals surface area contributed by atoms with Gasteiger partial charge in [-0.25, -0.2) is 0 Å². The van der Waals surface area contributed by atoms with Crippen LogP contribution in [0.4, 0.5) is 0 Å². The van der Waals surface area contributed by atoms with Crippen molar-refractivity contribution in [2.75, 3.05) is 0 Å². The summed E-state index contributed by atoms with van der Waals surface area (Å²) in [6.07, 6.45) is 5.79. The molecular weight excluding hydrogens is 252 g/mol. The first kappa shape index (κ1) is 9.64. The van der Waals surface area contributed by atoms with Gasteiger partial charge in [0.1, 0.15) is 0 Å². The maximum Gasteiger partial charge on any atom is 0.0787 e. The van der Waals surface area contributed by atoms with Crippen molar-refractivity contribution in [3.8, 4) is 0 Å². The Labute approximate surface area is 112 Å². The molecule has 0 fully saturated rings. The second-order valence-electron chi connectivity index (χ2n) is 4.74. The Morgan fingerprint density at radius 2 is 1.68 bits per heavy atom. The molecule has 3 aromatic heterocycles. The molecule has 0 atom stereocenters. The molecule has 0 aliphatic carbocycles. The third-order valence-electron chi connectivity index (χ3n) is 3.76. The van der Waals surface area contributed by atoms with E-state index in [9.17, 15) is 0 Å². The number of rotatable bonds is 0. The number of pyridine rings is 2. The molecule has 19 heavy (non-hydrogen) atoms. The van der Waals surface area contributed by atoms with E-state index in [-0.39, 0.29) is 0 Å². The first-order valence-electron chi connectivity index (χ1n) is 6.18. The summed E-state index contributed by atoms with van der Waals surface area (Å²) >= 11 is 1.81. The highest BCUT2D eigenvalue weighted by Gasteiger charge is 2.15. The summed E-state index contributed by atoms with van der Waals surface area (Å²) in [6, 6.07) is 10.6. The van der Waals surface area contributed by atoms with Crippen LogP contribution in [0, 0.1) is 0 Å². The minimum absolute atomic E-state index is 1.08. The maximum absolute atomic E-state index is 4.59. The maximum atomic E-state index is 4.59. The lowest BCUT2D eigenvalue weighted by molar-refractivity contribution is 1.39. The third-order valence-corrected chi connectivity index (χ3v) is 4.85. The predicted octanol–water partition coefficient (Wildman–Crippen LogP) is 4.59. The molecule has 0 spiro atoms. The molecule has 2 nitrogen and oxygen atoms in total. The molecule has 0 saturated carbocycles. The Kier molecular flexibility index (Phi) is 1.62. The van der Waals surface area contributed by atoms with Crippen molar-refractivity contribution in [2.24, 2.45) is 0 Å². The van der Waals surface area contributed by atoms with Gasteiger partial charge in [-0.1, -0.05) is 18.2 Å². The van der Waals surface area contributed by atoms with Gasteiger partial charge in [0, 0.05) is 50.2 Å². The van der Waals surface area contributed by atoms with E-state index in [2.05, 4.69) is 34.2 Å². The number of fused-ring (bicyclic) bond motifs is 3. The van der Waals surface area contributed by atoms with E-state index in [0.717, 1.165) is 5.52 Å². The van der Waals surface area contributed by atoms with Gasteiger partial charge < -0.3 is 0 Å². The molecule has 0 aliphatic rings. The number of hydrogen-bond acceptors (Lipinski definition) is 3. The van der Waals surface area contributed by atoms with Gasteiger partial charge in [0.25, 0.3) is 0 Å². The predicted molar refractivity (Wildman–Crippen MR) is 81.1 cm³/mol. The second kappa shape index (κ2) is 3.19. The van der Waals surface area contributed by atoms with E-state index >= 15 is 0 Å². The van der Waals surface area contributed by atoms with Crippen molar-refractivity contribution in [1.29, 1.82) is 0 Å². The van der Waals surface area contributed by atoms with E-state index in [4.69, 9.17) is 0 Å². The Morgan fingerprint density at radius 3 is 2.68 bits per heavy atom. The van der Waals surface area contributed by atoms with Crippen molar-refractivity contribution in [3.05, 3.63) is 48.9 Å². The highest BCUT2D eigenvalue weighted by atomic mass is 32.1. The molecule has 0 radical (unpaired) electrons. The second-order valence-corrected chi connectivity index (χ2v) is 5.82. The van der Waals surface area contributed by atoms with Crippen LogP contribution in [0.5, 0.6) is 0 Å². The van der Waals surface area contributed by atoms with Crippen LogP contribution in [0.25, 0.3) is 41.8 Å². The molecule has 0 N–H and O–H groups in total. The number of benzene rings is 2. The van der Waals surface area contributed by atoms with Crippen LogP contribution in [0.2, 0.25) is 0 Å². The van der Waals surface area contributed by atoms with Crippen molar-refractivity contribution >= 4 is 53.2 Å². The Morgan fingerprint density at radius 1 is 0.789 bits per heavy atom. The van der Waals surface area contributed by atoms with E-state index in [1.165, 1.54) is 36.3 Å². The molecule has 3 heterocycles. The number of aromatic nitrogens is 2. The van der Waals surface area contributed by atoms with Crippen LogP contribution in [-0.2, 0) is 0 Å². The van der Waals surface area contributed by atoms with Gasteiger partial charge in [-0.2, -0.15) is 0 Å². The summed E-state index contributed by atoms with van der Waals surface area (Å²) in [5.74, 6) is 0. The van der Waals surface area contributed by atoms with Crippen molar-refractivity contribution in [1.82, 2.24) is 9.97 Å². The zero-order valence-corrected chi connectivity index (χ0v) is 10.7. The molecule has 0 aliphatic heterocycles. The van der Waals surface area contributed by atoms with Crippen molar-refractivity contribution in [3.63, 3.8) is 0 Å². The average Bonchev–Trinajstić information content (AvgIpc) is 2.86. The molecule has 5 aromatic rings. The Hall–Kier alpha value is -2.26. The zero-order chi connectivity index (χ0) is 12.4. The van der Waals surface area contributed by atoms with Gasteiger partial charge in [-0.05, 0) is 12.1 Å². The summed E-state index contributed by atoms with van der Waals surface area (Å²) in [4.78, 5) is 8.98. The van der Waals surface area contributed by atoms with Gasteiger partial charge in [0.2, 0.25) is 0 Å². The van der Waals surface area contributed by atoms with E-state index < -0.39 is 0 Å². The van der Waals surface area contributed by atoms with Gasteiger partial charge in [-0.3, -0.25) is 9.97 Å². The van der Waals surface area contributed by atoms with Crippen LogP contribution in [0.1, 0.15) is 0 Å². The molecular formula is C16H8N2S. The Bertz CT molecular complexity index is 978. The number of hydrogen-bond donors (Lipinski definition) is 0. The zero-order valence-electron chi connectivity index (χ0n) is 9.92. The molecule has 2 aromatic carbocycles. The monoisotopic (exact) mass is 260 g/mol. The van der Waals surface area contributed by atoms with Gasteiger partial charge in [0.05, 0.1) is 10.2 Å². The van der Waals surface area contributed by atoms with E-state index in [1.807, 2.05) is 36.0 Å². The fourth-order valence-electron chi connectivity index (χ4n) is 3.01. The first-order valence-corrected chi connectivity index (χ1v) is 7.00. The van der Waals surface area contributed by atoms with Crippen molar-refractivity contribution in [2.45, 2.75) is 0 Å². The topological polar surface area (TPSA) is 25.8 Å². The quantitative estimate of drug-likeness (QED) is 0.381. The molecule has 0 saturated heterocycles. The van der Waals surface area contributed by atoms with Crippen LogP contribution >= 0.6 is 11.3 Å². The van der Waals surface area contributed by atoms with Gasteiger partial charge >= 0.3 is 0 Å². The largest absolute Gasteiger partial charge is 0.263 e. The molecule has 0 unspecified atom stereocenters. The molecule has 3 heteroatoms. The fraction of sp³-hybridized carbons (Fsp3) is 0. The van der Waals surface area contributed by atoms with Gasteiger partial charge in [0.15, 0.2) is 0 Å². The SMILES string of the molecule is c1cnc2c(c1)c1cncc3sc4cccc2c4c31. The molecule has 0 amide bonds. The van der Waals surface area contributed by atoms with E-state index in [1.54, 1.807) is 0 Å². The van der Waals surface area contributed by atoms with E-state index in [0.29, 0.717) is 0 Å². The average molecular weight is 260 g/mol. The van der Waals surface area contributed by atoms with Crippen LogP contribution < -0.4 is 0 Å². The standard InChI is InChI=1S/C16H8N2S/c1-3-10-14-12(5-1)19-13-8-17-7-11(15(13)14)9-4-2-6-18-16(9)10/h1-8H. The normalized spacial score (nSPS) is 12.2. The lowest BCUT2D eigenvalue weighted by Crippen LogP contribution is -1.84. The fourth-order valence-corrected chi connectivity index (χ4v) is 4.13. The van der Waals surface area contributed by atoms with Crippen LogP contribution in [0.3, 0.4) is 0 Å². The summed E-state index contributed by atoms with van der Waals surface area (Å²) in [5.41, 5.74) is 1.08. The summed E-state index contributed by atoms with van der Waals surface area (Å²) in [7, 11) is 0. The Balaban J connectivity index is 2.34. The molecule has 5 rings (SSSR count). The first-order chi connectivity index (χ1) is 9.43. The summed E-state index contributed by atoms with van der Waals surface area (Å²) < 4.78 is 2.58. The minimum atomic E-state index is 1.08. The third kappa shape index (κ3) is 1.07. The lowest BCUT2D eigenvalue weighted by Gasteiger charge is -2.07. The van der Waals surface area contributed by atoms with Crippen LogP contribution in [-0.4, -0.2) is 9.97 Å². The highest BCUT2D eigenvalue weighted by Crippen LogP contribution is 2.43. The smallest absolute Gasteiger partial charge is 0.0787 e. The number of nitrogens with zero attached hydrogens (tertiary/aromatic N) is 2.